The second-order valence-electron chi connectivity index (χ2n) is 5.33. The van der Waals surface area contributed by atoms with Crippen molar-refractivity contribution in [3.05, 3.63) is 24.3 Å². The number of ether oxygens (including phenoxy) is 2. The highest BCUT2D eigenvalue weighted by Gasteiger charge is 2.21. The second kappa shape index (κ2) is 9.82. The van der Waals surface area contributed by atoms with E-state index in [4.69, 9.17) is 9.47 Å². The fourth-order valence-corrected chi connectivity index (χ4v) is 2.52. The van der Waals surface area contributed by atoms with Gasteiger partial charge in [0, 0.05) is 26.2 Å². The van der Waals surface area contributed by atoms with Gasteiger partial charge in [-0.3, -0.25) is 9.69 Å². The molecule has 2 heterocycles. The van der Waals surface area contributed by atoms with Crippen molar-refractivity contribution in [3.63, 3.8) is 0 Å². The monoisotopic (exact) mass is 363 g/mol. The number of halogens is 2. The van der Waals surface area contributed by atoms with Crippen molar-refractivity contribution in [2.24, 2.45) is 0 Å². The van der Waals surface area contributed by atoms with Gasteiger partial charge in [-0.1, -0.05) is 12.1 Å². The van der Waals surface area contributed by atoms with Crippen LogP contribution in [0.4, 0.5) is 0 Å². The molecule has 1 fully saturated rings. The number of amides is 1. The number of rotatable bonds is 4. The third kappa shape index (κ3) is 5.73. The highest BCUT2D eigenvalue weighted by atomic mass is 35.5. The van der Waals surface area contributed by atoms with Crippen molar-refractivity contribution in [2.45, 2.75) is 6.10 Å². The Balaban J connectivity index is 0.00000132. The topological polar surface area (TPSA) is 62.8 Å². The fraction of sp³-hybridized carbons (Fsp3) is 0.533. The summed E-state index contributed by atoms with van der Waals surface area (Å²) >= 11 is 0. The van der Waals surface area contributed by atoms with E-state index in [0.717, 1.165) is 37.7 Å². The molecule has 2 aliphatic rings. The number of carbonyl (C=O) groups is 1. The third-order valence-electron chi connectivity index (χ3n) is 3.67. The number of nitrogens with zero attached hydrogens (tertiary/aromatic N) is 1. The summed E-state index contributed by atoms with van der Waals surface area (Å²) in [7, 11) is 0. The predicted molar refractivity (Wildman–Crippen MR) is 93.2 cm³/mol. The first-order chi connectivity index (χ1) is 10.3. The van der Waals surface area contributed by atoms with E-state index in [0.29, 0.717) is 19.7 Å². The molecule has 2 aliphatic heterocycles. The first-order valence-corrected chi connectivity index (χ1v) is 7.39. The van der Waals surface area contributed by atoms with Gasteiger partial charge in [-0.25, -0.2) is 0 Å². The normalized spacial score (nSPS) is 19.9. The van der Waals surface area contributed by atoms with Gasteiger partial charge in [-0.05, 0) is 12.1 Å². The molecule has 6 nitrogen and oxygen atoms in total. The maximum atomic E-state index is 11.9. The van der Waals surface area contributed by atoms with E-state index in [2.05, 4.69) is 15.5 Å². The van der Waals surface area contributed by atoms with E-state index in [1.165, 1.54) is 0 Å². The van der Waals surface area contributed by atoms with E-state index >= 15 is 0 Å². The van der Waals surface area contributed by atoms with Crippen molar-refractivity contribution in [3.8, 4) is 11.5 Å². The lowest BCUT2D eigenvalue weighted by atomic mass is 10.2. The summed E-state index contributed by atoms with van der Waals surface area (Å²) in [6, 6.07) is 7.59. The lowest BCUT2D eigenvalue weighted by Gasteiger charge is -2.28. The van der Waals surface area contributed by atoms with Crippen LogP contribution in [0.25, 0.3) is 0 Å². The zero-order valence-corrected chi connectivity index (χ0v) is 14.5. The van der Waals surface area contributed by atoms with E-state index in [1.807, 2.05) is 24.3 Å². The molecule has 23 heavy (non-hydrogen) atoms. The molecule has 130 valence electrons. The number of hydrogen-bond acceptors (Lipinski definition) is 5. The van der Waals surface area contributed by atoms with Crippen LogP contribution in [-0.2, 0) is 4.79 Å². The fourth-order valence-electron chi connectivity index (χ4n) is 2.52. The average Bonchev–Trinajstić information content (AvgIpc) is 2.54. The molecule has 1 saturated heterocycles. The molecule has 0 aromatic heterocycles. The molecule has 2 N–H and O–H groups in total. The van der Waals surface area contributed by atoms with Crippen LogP contribution >= 0.6 is 24.8 Å². The highest BCUT2D eigenvalue weighted by Crippen LogP contribution is 2.30. The zero-order valence-electron chi connectivity index (χ0n) is 12.8. The molecule has 1 amide bonds. The zero-order chi connectivity index (χ0) is 14.5. The van der Waals surface area contributed by atoms with Gasteiger partial charge in [0.05, 0.1) is 13.1 Å². The number of piperazine rings is 1. The van der Waals surface area contributed by atoms with E-state index < -0.39 is 0 Å². The van der Waals surface area contributed by atoms with Crippen molar-refractivity contribution in [1.82, 2.24) is 15.5 Å². The average molecular weight is 364 g/mol. The van der Waals surface area contributed by atoms with Crippen LogP contribution < -0.4 is 20.1 Å². The lowest BCUT2D eigenvalue weighted by Crippen LogP contribution is -2.49. The van der Waals surface area contributed by atoms with Crippen LogP contribution in [0.5, 0.6) is 11.5 Å². The van der Waals surface area contributed by atoms with Gasteiger partial charge < -0.3 is 20.1 Å². The Morgan fingerprint density at radius 3 is 2.65 bits per heavy atom. The smallest absolute Gasteiger partial charge is 0.234 e. The van der Waals surface area contributed by atoms with Crippen LogP contribution in [0.2, 0.25) is 0 Å². The molecule has 1 atom stereocenters. The molecular formula is C15H23Cl2N3O3. The van der Waals surface area contributed by atoms with Crippen molar-refractivity contribution in [1.29, 1.82) is 0 Å². The quantitative estimate of drug-likeness (QED) is 0.823. The molecule has 0 spiro atoms. The Labute approximate surface area is 148 Å². The Hall–Kier alpha value is -1.21. The van der Waals surface area contributed by atoms with Gasteiger partial charge in [0.1, 0.15) is 12.7 Å². The predicted octanol–water partition coefficient (Wildman–Crippen LogP) is 0.691. The summed E-state index contributed by atoms with van der Waals surface area (Å²) in [6.45, 7) is 5.12. The van der Waals surface area contributed by atoms with Crippen LogP contribution in [0.1, 0.15) is 0 Å². The van der Waals surface area contributed by atoms with Crippen molar-refractivity contribution >= 4 is 30.7 Å². The number of benzene rings is 1. The molecule has 3 rings (SSSR count). The second-order valence-corrected chi connectivity index (χ2v) is 5.33. The molecule has 0 aliphatic carbocycles. The SMILES string of the molecule is Cl.Cl.O=C(CN1CCNCC1)NCC1COc2ccccc2O1. The standard InChI is InChI=1S/C15H21N3O3.2ClH/c19-15(10-18-7-5-16-6-8-18)17-9-12-11-20-13-3-1-2-4-14(13)21-12;;/h1-4,12,16H,5-11H2,(H,17,19);2*1H. The van der Waals surface area contributed by atoms with Gasteiger partial charge >= 0.3 is 0 Å². The molecule has 1 aromatic carbocycles. The Bertz CT molecular complexity index is 499. The number of carbonyl (C=O) groups excluding carboxylic acids is 1. The van der Waals surface area contributed by atoms with Crippen LogP contribution in [0.3, 0.4) is 0 Å². The number of fused-ring (bicyclic) bond motifs is 1. The minimum atomic E-state index is -0.133. The first-order valence-electron chi connectivity index (χ1n) is 7.39. The Morgan fingerprint density at radius 2 is 1.91 bits per heavy atom. The highest BCUT2D eigenvalue weighted by molar-refractivity contribution is 5.85. The van der Waals surface area contributed by atoms with Gasteiger partial charge in [0.2, 0.25) is 5.91 Å². The van der Waals surface area contributed by atoms with Gasteiger partial charge in [-0.15, -0.1) is 24.8 Å². The van der Waals surface area contributed by atoms with E-state index in [-0.39, 0.29) is 36.8 Å². The van der Waals surface area contributed by atoms with Crippen LogP contribution in [0, 0.1) is 0 Å². The maximum absolute atomic E-state index is 11.9. The molecule has 1 unspecified atom stereocenters. The molecule has 0 radical (unpaired) electrons. The summed E-state index contributed by atoms with van der Waals surface area (Å²) in [5.74, 6) is 1.55. The molecular weight excluding hydrogens is 341 g/mol. The van der Waals surface area contributed by atoms with Crippen molar-refractivity contribution < 1.29 is 14.3 Å². The number of nitrogens with one attached hydrogen (secondary N) is 2. The lowest BCUT2D eigenvalue weighted by molar-refractivity contribution is -0.122. The summed E-state index contributed by atoms with van der Waals surface area (Å²) in [4.78, 5) is 14.1. The summed E-state index contributed by atoms with van der Waals surface area (Å²) in [6.07, 6.45) is -0.133. The van der Waals surface area contributed by atoms with Crippen molar-refractivity contribution in [2.75, 3.05) is 45.9 Å². The van der Waals surface area contributed by atoms with Gasteiger partial charge in [0.15, 0.2) is 11.5 Å². The van der Waals surface area contributed by atoms with Crippen LogP contribution in [-0.4, -0.2) is 62.8 Å². The minimum absolute atomic E-state index is 0. The van der Waals surface area contributed by atoms with Crippen LogP contribution in [0.15, 0.2) is 24.3 Å². The largest absolute Gasteiger partial charge is 0.486 e. The molecule has 0 saturated carbocycles. The minimum Gasteiger partial charge on any atom is -0.486 e. The summed E-state index contributed by atoms with van der Waals surface area (Å²) < 4.78 is 11.4. The first kappa shape index (κ1) is 19.8. The summed E-state index contributed by atoms with van der Waals surface area (Å²) in [5.41, 5.74) is 0. The third-order valence-corrected chi connectivity index (χ3v) is 3.67. The van der Waals surface area contributed by atoms with E-state index in [1.54, 1.807) is 0 Å². The molecule has 8 heteroatoms. The maximum Gasteiger partial charge on any atom is 0.234 e. The Morgan fingerprint density at radius 1 is 1.22 bits per heavy atom. The van der Waals surface area contributed by atoms with Gasteiger partial charge in [0.25, 0.3) is 0 Å². The number of para-hydroxylation sites is 2. The number of hydrogen-bond donors (Lipinski definition) is 2. The Kier molecular flexibility index (Phi) is 8.47. The van der Waals surface area contributed by atoms with Gasteiger partial charge in [-0.2, -0.15) is 0 Å². The van der Waals surface area contributed by atoms with E-state index in [9.17, 15) is 4.79 Å². The molecule has 0 bridgehead atoms. The molecule has 1 aromatic rings. The summed E-state index contributed by atoms with van der Waals surface area (Å²) in [5, 5.41) is 6.20.